The molecule has 0 saturated carbocycles. The highest BCUT2D eigenvalue weighted by Gasteiger charge is 2.17. The average Bonchev–Trinajstić information content (AvgIpc) is 2.21. The molecule has 5 heteroatoms. The minimum atomic E-state index is 0.259. The van der Waals surface area contributed by atoms with Gasteiger partial charge in [-0.15, -0.1) is 0 Å². The molecule has 0 spiro atoms. The van der Waals surface area contributed by atoms with Gasteiger partial charge in [-0.25, -0.2) is 0 Å². The first-order valence-corrected chi connectivity index (χ1v) is 6.94. The fraction of sp³-hybridized carbons (Fsp3) is 1.00. The quantitative estimate of drug-likeness (QED) is 0.557. The van der Waals surface area contributed by atoms with Crippen LogP contribution in [0.5, 0.6) is 0 Å². The Morgan fingerprint density at radius 3 is 1.42 bits per heavy atom. The van der Waals surface area contributed by atoms with Crippen LogP contribution in [0.1, 0.15) is 0 Å². The monoisotopic (exact) mass is 274 g/mol. The van der Waals surface area contributed by atoms with Gasteiger partial charge in [0.15, 0.2) is 0 Å². The second kappa shape index (κ2) is 9.66. The van der Waals surface area contributed by atoms with E-state index in [1.54, 1.807) is 0 Å². The third kappa shape index (κ3) is 10.3. The lowest BCUT2D eigenvalue weighted by atomic mass is 10.2. The number of nitrogens with zero attached hydrogens (tertiary/aromatic N) is 4. The first kappa shape index (κ1) is 18.8. The lowest BCUT2D eigenvalue weighted by Crippen LogP contribution is -2.44. The summed E-state index contributed by atoms with van der Waals surface area (Å²) in [6.07, 6.45) is 0.259. The van der Waals surface area contributed by atoms with E-state index in [-0.39, 0.29) is 6.10 Å². The van der Waals surface area contributed by atoms with Crippen molar-refractivity contribution in [1.82, 2.24) is 19.6 Å². The fourth-order valence-corrected chi connectivity index (χ4v) is 2.01. The average molecular weight is 274 g/mol. The van der Waals surface area contributed by atoms with Crippen molar-refractivity contribution in [2.24, 2.45) is 0 Å². The molecule has 0 fully saturated rings. The second-order valence-corrected chi connectivity index (χ2v) is 6.36. The molecular weight excluding hydrogens is 240 g/mol. The van der Waals surface area contributed by atoms with Crippen LogP contribution in [0.15, 0.2) is 0 Å². The molecule has 0 bridgehead atoms. The highest BCUT2D eigenvalue weighted by atomic mass is 16.5. The fourth-order valence-electron chi connectivity index (χ4n) is 2.01. The third-order valence-corrected chi connectivity index (χ3v) is 2.97. The molecule has 0 saturated heterocycles. The zero-order valence-electron chi connectivity index (χ0n) is 14.2. The minimum Gasteiger partial charge on any atom is -0.374 e. The van der Waals surface area contributed by atoms with Gasteiger partial charge in [0.05, 0.1) is 12.7 Å². The Balaban J connectivity index is 4.31. The highest BCUT2D eigenvalue weighted by Crippen LogP contribution is 2.02. The van der Waals surface area contributed by atoms with Crippen LogP contribution >= 0.6 is 0 Å². The lowest BCUT2D eigenvalue weighted by molar-refractivity contribution is -0.00947. The summed E-state index contributed by atoms with van der Waals surface area (Å²) < 4.78 is 6.14. The normalized spacial score (nSPS) is 14.4. The summed E-state index contributed by atoms with van der Waals surface area (Å²) in [4.78, 5) is 8.82. The molecule has 1 atom stereocenters. The van der Waals surface area contributed by atoms with Gasteiger partial charge in [0.1, 0.15) is 0 Å². The minimum absolute atomic E-state index is 0.259. The molecule has 0 N–H and O–H groups in total. The van der Waals surface area contributed by atoms with E-state index >= 15 is 0 Å². The Labute approximate surface area is 120 Å². The van der Waals surface area contributed by atoms with Crippen LogP contribution in [-0.4, -0.2) is 114 Å². The molecule has 0 radical (unpaired) electrons. The van der Waals surface area contributed by atoms with E-state index in [2.05, 4.69) is 76.0 Å². The molecule has 0 rings (SSSR count). The van der Waals surface area contributed by atoms with Crippen LogP contribution in [0.4, 0.5) is 0 Å². The predicted octanol–water partition coefficient (Wildman–Crippen LogP) is -0.0134. The Hall–Kier alpha value is -0.200. The summed E-state index contributed by atoms with van der Waals surface area (Å²) in [6.45, 7) is 3.71. The lowest BCUT2D eigenvalue weighted by Gasteiger charge is -2.30. The predicted molar refractivity (Wildman–Crippen MR) is 82.9 cm³/mol. The van der Waals surface area contributed by atoms with E-state index in [0.29, 0.717) is 6.04 Å². The largest absolute Gasteiger partial charge is 0.374 e. The zero-order chi connectivity index (χ0) is 15.0. The van der Waals surface area contributed by atoms with Crippen LogP contribution in [0.3, 0.4) is 0 Å². The first-order chi connectivity index (χ1) is 8.72. The van der Waals surface area contributed by atoms with E-state index in [1.807, 2.05) is 0 Å². The highest BCUT2D eigenvalue weighted by molar-refractivity contribution is 4.71. The SMILES string of the molecule is CN(C)CC(CN(C)C)OC[C@@H](CN(C)C)N(C)C. The number of rotatable bonds is 10. The Bertz CT molecular complexity index is 209. The molecule has 0 amide bonds. The van der Waals surface area contributed by atoms with E-state index in [0.717, 1.165) is 26.2 Å². The van der Waals surface area contributed by atoms with Crippen LogP contribution in [-0.2, 0) is 4.74 Å². The summed E-state index contributed by atoms with van der Waals surface area (Å²) in [7, 11) is 16.8. The van der Waals surface area contributed by atoms with Gasteiger partial charge in [-0.05, 0) is 56.4 Å². The summed E-state index contributed by atoms with van der Waals surface area (Å²) >= 11 is 0. The van der Waals surface area contributed by atoms with Gasteiger partial charge >= 0.3 is 0 Å². The van der Waals surface area contributed by atoms with Crippen LogP contribution in [0.25, 0.3) is 0 Å². The molecule has 5 nitrogen and oxygen atoms in total. The molecule has 19 heavy (non-hydrogen) atoms. The molecule has 0 aromatic carbocycles. The van der Waals surface area contributed by atoms with E-state index in [9.17, 15) is 0 Å². The molecular formula is C14H34N4O. The molecule has 0 aromatic rings. The Kier molecular flexibility index (Phi) is 9.56. The molecule has 116 valence electrons. The van der Waals surface area contributed by atoms with Crippen LogP contribution < -0.4 is 0 Å². The topological polar surface area (TPSA) is 22.2 Å². The number of ether oxygens (including phenoxy) is 1. The van der Waals surface area contributed by atoms with Crippen molar-refractivity contribution in [1.29, 1.82) is 0 Å². The van der Waals surface area contributed by atoms with Gasteiger partial charge in [-0.3, -0.25) is 0 Å². The summed E-state index contributed by atoms with van der Waals surface area (Å²) in [6, 6.07) is 0.432. The van der Waals surface area contributed by atoms with Crippen molar-refractivity contribution in [3.8, 4) is 0 Å². The molecule has 0 aliphatic carbocycles. The molecule has 0 aliphatic rings. The first-order valence-electron chi connectivity index (χ1n) is 6.94. The second-order valence-electron chi connectivity index (χ2n) is 6.36. The van der Waals surface area contributed by atoms with Crippen molar-refractivity contribution in [3.63, 3.8) is 0 Å². The van der Waals surface area contributed by atoms with Gasteiger partial charge in [0.2, 0.25) is 0 Å². The standard InChI is InChI=1S/C14H34N4O/c1-15(2)9-13(18(7)8)12-19-14(10-16(3)4)11-17(5)6/h13-14H,9-12H2,1-8H3/t13-/m1/s1. The van der Waals surface area contributed by atoms with Gasteiger partial charge < -0.3 is 24.3 Å². The third-order valence-electron chi connectivity index (χ3n) is 2.97. The maximum Gasteiger partial charge on any atom is 0.0828 e. The van der Waals surface area contributed by atoms with Crippen molar-refractivity contribution >= 4 is 0 Å². The summed E-state index contributed by atoms with van der Waals surface area (Å²) in [5.41, 5.74) is 0. The molecule has 0 unspecified atom stereocenters. The van der Waals surface area contributed by atoms with Gasteiger partial charge in [-0.2, -0.15) is 0 Å². The van der Waals surface area contributed by atoms with Crippen LogP contribution in [0.2, 0.25) is 0 Å². The number of hydrogen-bond donors (Lipinski definition) is 0. The van der Waals surface area contributed by atoms with Crippen molar-refractivity contribution < 1.29 is 4.74 Å². The summed E-state index contributed by atoms with van der Waals surface area (Å²) in [5, 5.41) is 0. The van der Waals surface area contributed by atoms with Crippen molar-refractivity contribution in [2.45, 2.75) is 12.1 Å². The van der Waals surface area contributed by atoms with E-state index < -0.39 is 0 Å². The molecule has 0 aliphatic heterocycles. The Morgan fingerprint density at radius 1 is 0.684 bits per heavy atom. The number of hydrogen-bond acceptors (Lipinski definition) is 5. The summed E-state index contributed by atoms with van der Waals surface area (Å²) in [5.74, 6) is 0. The molecule has 0 heterocycles. The smallest absolute Gasteiger partial charge is 0.0828 e. The van der Waals surface area contributed by atoms with E-state index in [4.69, 9.17) is 4.74 Å². The maximum atomic E-state index is 6.14. The molecule has 0 aromatic heterocycles. The van der Waals surface area contributed by atoms with Gasteiger partial charge in [0, 0.05) is 25.7 Å². The van der Waals surface area contributed by atoms with Gasteiger partial charge in [-0.1, -0.05) is 0 Å². The van der Waals surface area contributed by atoms with Crippen molar-refractivity contribution in [2.75, 3.05) is 82.6 Å². The maximum absolute atomic E-state index is 6.14. The van der Waals surface area contributed by atoms with Crippen LogP contribution in [0, 0.1) is 0 Å². The Morgan fingerprint density at radius 2 is 1.11 bits per heavy atom. The number of likely N-dealkylation sites (N-methyl/N-ethyl adjacent to an activating group) is 4. The van der Waals surface area contributed by atoms with Crippen molar-refractivity contribution in [3.05, 3.63) is 0 Å². The zero-order valence-corrected chi connectivity index (χ0v) is 14.2. The van der Waals surface area contributed by atoms with E-state index in [1.165, 1.54) is 0 Å². The van der Waals surface area contributed by atoms with Gasteiger partial charge in [0.25, 0.3) is 0 Å².